The fourth-order valence-electron chi connectivity index (χ4n) is 5.42. The van der Waals surface area contributed by atoms with E-state index in [-0.39, 0.29) is 11.9 Å². The standard InChI is InChI=1S/C20H26FNO.C9H5F6NO/c1-14-19(10-11-20(14)23)22(2)13-15-4-3-5-17(12-15)16-6-8-18(21)9-7-16;10-8(11,12)6-1-5(4-16-17)2-7(3-6)9(13,14)15/h6-9,15,17H,3-5,10-13H2,1-2H3;1-3H,4H2. The Kier molecular flexibility index (Phi) is 10.1. The molecular weight excluding hydrogens is 541 g/mol. The van der Waals surface area contributed by atoms with Crippen molar-refractivity contribution in [2.24, 2.45) is 11.1 Å². The summed E-state index contributed by atoms with van der Waals surface area (Å²) in [6.07, 6.45) is -3.39. The fourth-order valence-corrected chi connectivity index (χ4v) is 5.42. The number of benzene rings is 2. The van der Waals surface area contributed by atoms with Crippen LogP contribution in [-0.2, 0) is 23.7 Å². The van der Waals surface area contributed by atoms with Crippen LogP contribution in [0, 0.1) is 16.6 Å². The minimum absolute atomic E-state index is 0.00565. The van der Waals surface area contributed by atoms with E-state index in [1.165, 1.54) is 30.5 Å². The van der Waals surface area contributed by atoms with Gasteiger partial charge >= 0.3 is 12.4 Å². The zero-order valence-electron chi connectivity index (χ0n) is 22.2. The van der Waals surface area contributed by atoms with Gasteiger partial charge in [0, 0.05) is 31.3 Å². The summed E-state index contributed by atoms with van der Waals surface area (Å²) >= 11 is 0. The molecule has 0 amide bonds. The monoisotopic (exact) mass is 572 g/mol. The van der Waals surface area contributed by atoms with Crippen LogP contribution >= 0.6 is 0 Å². The van der Waals surface area contributed by atoms with Crippen LogP contribution in [0.2, 0.25) is 0 Å². The van der Waals surface area contributed by atoms with Gasteiger partial charge in [0.2, 0.25) is 0 Å². The molecular formula is C29H31F7N2O2. The molecule has 0 aliphatic heterocycles. The summed E-state index contributed by atoms with van der Waals surface area (Å²) in [5.41, 5.74) is 0.126. The predicted octanol–water partition coefficient (Wildman–Crippen LogP) is 8.66. The van der Waals surface area contributed by atoms with Crippen LogP contribution in [0.15, 0.2) is 58.9 Å². The third kappa shape index (κ3) is 8.38. The Hall–Kier alpha value is -3.24. The molecule has 2 aliphatic rings. The lowest BCUT2D eigenvalue weighted by Crippen LogP contribution is -2.28. The molecule has 2 aliphatic carbocycles. The lowest BCUT2D eigenvalue weighted by atomic mass is 9.78. The molecule has 2 aromatic carbocycles. The highest BCUT2D eigenvalue weighted by Crippen LogP contribution is 2.38. The maximum absolute atomic E-state index is 13.1. The van der Waals surface area contributed by atoms with Gasteiger partial charge in [-0.1, -0.05) is 23.7 Å². The van der Waals surface area contributed by atoms with Gasteiger partial charge in [-0.05, 0) is 85.9 Å². The van der Waals surface area contributed by atoms with Gasteiger partial charge in [-0.2, -0.15) is 31.2 Å². The summed E-state index contributed by atoms with van der Waals surface area (Å²) in [6, 6.07) is 7.96. The lowest BCUT2D eigenvalue weighted by molar-refractivity contribution is -0.143. The number of hydrogen-bond acceptors (Lipinski definition) is 4. The molecule has 2 atom stereocenters. The van der Waals surface area contributed by atoms with Crippen LogP contribution in [0.1, 0.15) is 73.6 Å². The van der Waals surface area contributed by atoms with Crippen molar-refractivity contribution in [1.82, 2.24) is 4.90 Å². The van der Waals surface area contributed by atoms with Gasteiger partial charge in [0.1, 0.15) is 12.4 Å². The van der Waals surface area contributed by atoms with E-state index in [2.05, 4.69) is 17.1 Å². The summed E-state index contributed by atoms with van der Waals surface area (Å²) in [4.78, 5) is 23.9. The molecule has 1 fully saturated rings. The van der Waals surface area contributed by atoms with E-state index >= 15 is 0 Å². The maximum Gasteiger partial charge on any atom is 0.416 e. The van der Waals surface area contributed by atoms with Crippen LogP contribution < -0.4 is 0 Å². The average Bonchev–Trinajstić information content (AvgIpc) is 3.22. The Bertz CT molecular complexity index is 1190. The fraction of sp³-hybridized carbons (Fsp3) is 0.483. The second-order valence-corrected chi connectivity index (χ2v) is 10.4. The Morgan fingerprint density at radius 2 is 1.52 bits per heavy atom. The number of rotatable bonds is 6. The second-order valence-electron chi connectivity index (χ2n) is 10.4. The van der Waals surface area contributed by atoms with E-state index < -0.39 is 35.6 Å². The zero-order valence-corrected chi connectivity index (χ0v) is 22.2. The molecule has 40 heavy (non-hydrogen) atoms. The maximum atomic E-state index is 13.1. The third-order valence-electron chi connectivity index (χ3n) is 7.45. The van der Waals surface area contributed by atoms with Gasteiger partial charge in [-0.3, -0.25) is 4.79 Å². The molecule has 11 heteroatoms. The highest BCUT2D eigenvalue weighted by atomic mass is 19.4. The summed E-state index contributed by atoms with van der Waals surface area (Å²) in [6.45, 7) is 2.24. The van der Waals surface area contributed by atoms with Gasteiger partial charge in [0.15, 0.2) is 5.78 Å². The second kappa shape index (κ2) is 13.0. The molecule has 0 bridgehead atoms. The van der Waals surface area contributed by atoms with Crippen LogP contribution in [0.3, 0.4) is 0 Å². The Labute approximate surface area is 228 Å². The van der Waals surface area contributed by atoms with Crippen molar-refractivity contribution < 1.29 is 35.5 Å². The smallest absolute Gasteiger partial charge is 0.377 e. The highest BCUT2D eigenvalue weighted by Gasteiger charge is 2.37. The number of carbonyl (C=O) groups is 1. The van der Waals surface area contributed by atoms with Crippen LogP contribution in [0.25, 0.3) is 0 Å². The molecule has 2 unspecified atom stereocenters. The molecule has 0 aromatic heterocycles. The van der Waals surface area contributed by atoms with Gasteiger partial charge in [0.05, 0.1) is 11.1 Å². The van der Waals surface area contributed by atoms with E-state index in [0.717, 1.165) is 25.0 Å². The summed E-state index contributed by atoms with van der Waals surface area (Å²) in [5, 5.41) is 2.27. The molecule has 0 radical (unpaired) electrons. The molecule has 0 spiro atoms. The van der Waals surface area contributed by atoms with Crippen molar-refractivity contribution >= 4 is 5.78 Å². The van der Waals surface area contributed by atoms with E-state index in [9.17, 15) is 40.4 Å². The number of hydrogen-bond donors (Lipinski definition) is 0. The molecule has 0 saturated heterocycles. The van der Waals surface area contributed by atoms with Crippen molar-refractivity contribution in [2.75, 3.05) is 13.6 Å². The van der Waals surface area contributed by atoms with Crippen LogP contribution in [0.5, 0.6) is 0 Å². The molecule has 0 heterocycles. The number of nitrogens with zero attached hydrogens (tertiary/aromatic N) is 2. The first kappa shape index (κ1) is 31.3. The number of carbonyl (C=O) groups excluding carboxylic acids is 1. The number of ketones is 1. The summed E-state index contributed by atoms with van der Waals surface area (Å²) in [5.74, 6) is 1.34. The topological polar surface area (TPSA) is 49.7 Å². The van der Waals surface area contributed by atoms with Crippen molar-refractivity contribution in [3.63, 3.8) is 0 Å². The normalized spacial score (nSPS) is 19.8. The number of allylic oxidation sites excluding steroid dienone is 2. The van der Waals surface area contributed by atoms with Crippen molar-refractivity contribution in [3.05, 3.63) is 86.7 Å². The average molecular weight is 573 g/mol. The Morgan fingerprint density at radius 3 is 2.02 bits per heavy atom. The lowest BCUT2D eigenvalue weighted by Gasteiger charge is -2.33. The first-order valence-corrected chi connectivity index (χ1v) is 13.0. The van der Waals surface area contributed by atoms with E-state index in [4.69, 9.17) is 0 Å². The molecule has 4 nitrogen and oxygen atoms in total. The third-order valence-corrected chi connectivity index (χ3v) is 7.45. The molecule has 0 N–H and O–H groups in total. The number of Topliss-reactive ketones (excluding diaryl/α,β-unsaturated/α-hetero) is 1. The molecule has 1 saturated carbocycles. The molecule has 4 rings (SSSR count). The van der Waals surface area contributed by atoms with Crippen molar-refractivity contribution in [3.8, 4) is 0 Å². The summed E-state index contributed by atoms with van der Waals surface area (Å²) in [7, 11) is 2.12. The first-order valence-electron chi connectivity index (χ1n) is 13.0. The molecule has 218 valence electrons. The van der Waals surface area contributed by atoms with Gasteiger partial charge in [-0.25, -0.2) is 4.39 Å². The van der Waals surface area contributed by atoms with Crippen LogP contribution in [0.4, 0.5) is 30.7 Å². The quantitative estimate of drug-likeness (QED) is 0.257. The van der Waals surface area contributed by atoms with E-state index in [1.54, 1.807) is 12.1 Å². The first-order chi connectivity index (χ1) is 18.7. The zero-order chi connectivity index (χ0) is 29.7. The summed E-state index contributed by atoms with van der Waals surface area (Å²) < 4.78 is 86.9. The Morgan fingerprint density at radius 1 is 0.925 bits per heavy atom. The Balaban J connectivity index is 0.000000232. The molecule has 2 aromatic rings. The number of halogens is 7. The number of alkyl halides is 6. The SMILES string of the molecule is CC1=C(N(C)CC2CCCC(c3ccc(F)cc3)C2)CCC1=O.O=NCc1cc(C(F)(F)F)cc(C(F)(F)F)c1. The largest absolute Gasteiger partial charge is 0.416 e. The van der Waals surface area contributed by atoms with Gasteiger partial charge < -0.3 is 4.90 Å². The van der Waals surface area contributed by atoms with E-state index in [0.29, 0.717) is 36.2 Å². The predicted molar refractivity (Wildman–Crippen MR) is 137 cm³/mol. The van der Waals surface area contributed by atoms with E-state index in [1.807, 2.05) is 19.1 Å². The van der Waals surface area contributed by atoms with Crippen molar-refractivity contribution in [1.29, 1.82) is 0 Å². The highest BCUT2D eigenvalue weighted by molar-refractivity contribution is 5.97. The minimum Gasteiger partial charge on any atom is -0.377 e. The minimum atomic E-state index is -4.90. The van der Waals surface area contributed by atoms with Crippen LogP contribution in [-0.4, -0.2) is 24.3 Å². The van der Waals surface area contributed by atoms with Crippen molar-refractivity contribution in [2.45, 2.75) is 70.3 Å². The number of nitroso groups, excluding NO2 is 1. The van der Waals surface area contributed by atoms with Gasteiger partial charge in [0.25, 0.3) is 0 Å². The van der Waals surface area contributed by atoms with Gasteiger partial charge in [-0.15, -0.1) is 0 Å².